The maximum absolute atomic E-state index is 3.72. The number of benzene rings is 1. The van der Waals surface area contributed by atoms with E-state index in [-0.39, 0.29) is 0 Å². The van der Waals surface area contributed by atoms with Crippen molar-refractivity contribution in [2.45, 2.75) is 46.2 Å². The minimum absolute atomic E-state index is 0.624. The summed E-state index contributed by atoms with van der Waals surface area (Å²) >= 11 is 0. The number of likely N-dealkylation sites (tertiary alicyclic amines) is 1. The van der Waals surface area contributed by atoms with Crippen molar-refractivity contribution in [1.29, 1.82) is 0 Å². The highest BCUT2D eigenvalue weighted by molar-refractivity contribution is 5.25. The van der Waals surface area contributed by atoms with Gasteiger partial charge >= 0.3 is 0 Å². The normalized spacial score (nSPS) is 19.5. The van der Waals surface area contributed by atoms with Gasteiger partial charge in [-0.3, -0.25) is 0 Å². The molecule has 1 fully saturated rings. The van der Waals surface area contributed by atoms with E-state index >= 15 is 0 Å². The van der Waals surface area contributed by atoms with Gasteiger partial charge in [-0.05, 0) is 63.4 Å². The average molecular weight is 260 g/mol. The molecule has 2 rings (SSSR count). The van der Waals surface area contributed by atoms with E-state index in [1.807, 2.05) is 0 Å². The van der Waals surface area contributed by atoms with Gasteiger partial charge < -0.3 is 10.2 Å². The van der Waals surface area contributed by atoms with Gasteiger partial charge in [-0.25, -0.2) is 0 Å². The zero-order chi connectivity index (χ0) is 13.7. The molecule has 2 nitrogen and oxygen atoms in total. The lowest BCUT2D eigenvalue weighted by Crippen LogP contribution is -2.41. The molecule has 1 N–H and O–H groups in total. The van der Waals surface area contributed by atoms with E-state index in [9.17, 15) is 0 Å². The second-order valence-corrected chi connectivity index (χ2v) is 5.87. The first kappa shape index (κ1) is 14.5. The monoisotopic (exact) mass is 260 g/mol. The number of nitrogens with zero attached hydrogens (tertiary/aromatic N) is 1. The molecule has 0 radical (unpaired) electrons. The molecule has 19 heavy (non-hydrogen) atoms. The van der Waals surface area contributed by atoms with E-state index in [1.165, 1.54) is 43.6 Å². The summed E-state index contributed by atoms with van der Waals surface area (Å²) in [5, 5.41) is 3.72. The van der Waals surface area contributed by atoms with Crippen LogP contribution in [0.15, 0.2) is 24.3 Å². The van der Waals surface area contributed by atoms with Crippen molar-refractivity contribution in [3.63, 3.8) is 0 Å². The molecule has 1 aliphatic heterocycles. The Labute approximate surface area is 118 Å². The first-order chi connectivity index (χ1) is 9.20. The van der Waals surface area contributed by atoms with Crippen molar-refractivity contribution >= 4 is 0 Å². The SMILES string of the molecule is CCN1CCC(C(C)NCc2ccccc2C)CC1. The van der Waals surface area contributed by atoms with E-state index in [2.05, 4.69) is 55.3 Å². The maximum Gasteiger partial charge on any atom is 0.0210 e. The van der Waals surface area contributed by atoms with Crippen LogP contribution in [0.3, 0.4) is 0 Å². The zero-order valence-electron chi connectivity index (χ0n) is 12.7. The van der Waals surface area contributed by atoms with Gasteiger partial charge in [-0.15, -0.1) is 0 Å². The minimum Gasteiger partial charge on any atom is -0.310 e. The standard InChI is InChI=1S/C17H28N2/c1-4-19-11-9-16(10-12-19)15(3)18-13-17-8-6-5-7-14(17)2/h5-8,15-16,18H,4,9-13H2,1-3H3. The zero-order valence-corrected chi connectivity index (χ0v) is 12.7. The summed E-state index contributed by atoms with van der Waals surface area (Å²) in [4.78, 5) is 2.56. The van der Waals surface area contributed by atoms with Gasteiger partial charge in [-0.2, -0.15) is 0 Å². The van der Waals surface area contributed by atoms with Gasteiger partial charge in [0.15, 0.2) is 0 Å². The van der Waals surface area contributed by atoms with Crippen LogP contribution in [0.25, 0.3) is 0 Å². The van der Waals surface area contributed by atoms with Crippen molar-refractivity contribution in [1.82, 2.24) is 10.2 Å². The predicted octanol–water partition coefficient (Wildman–Crippen LogP) is 3.21. The van der Waals surface area contributed by atoms with Gasteiger partial charge in [0.05, 0.1) is 0 Å². The molecule has 0 aliphatic carbocycles. The van der Waals surface area contributed by atoms with Gasteiger partial charge in [0.25, 0.3) is 0 Å². The van der Waals surface area contributed by atoms with Crippen molar-refractivity contribution in [3.05, 3.63) is 35.4 Å². The number of nitrogens with one attached hydrogen (secondary N) is 1. The van der Waals surface area contributed by atoms with Crippen molar-refractivity contribution in [2.75, 3.05) is 19.6 Å². The Morgan fingerprint density at radius 1 is 1.26 bits per heavy atom. The summed E-state index contributed by atoms with van der Waals surface area (Å²) in [6.45, 7) is 11.6. The van der Waals surface area contributed by atoms with Gasteiger partial charge in [-0.1, -0.05) is 31.2 Å². The van der Waals surface area contributed by atoms with Crippen LogP contribution in [-0.2, 0) is 6.54 Å². The highest BCUT2D eigenvalue weighted by Gasteiger charge is 2.22. The summed E-state index contributed by atoms with van der Waals surface area (Å²) in [6, 6.07) is 9.30. The summed E-state index contributed by atoms with van der Waals surface area (Å²) in [6.07, 6.45) is 2.69. The Kier molecular flexibility index (Phi) is 5.41. The molecule has 0 bridgehead atoms. The van der Waals surface area contributed by atoms with E-state index < -0.39 is 0 Å². The molecule has 106 valence electrons. The molecular formula is C17H28N2. The highest BCUT2D eigenvalue weighted by Crippen LogP contribution is 2.20. The Morgan fingerprint density at radius 3 is 2.58 bits per heavy atom. The lowest BCUT2D eigenvalue weighted by Gasteiger charge is -2.34. The van der Waals surface area contributed by atoms with E-state index in [4.69, 9.17) is 0 Å². The third-order valence-corrected chi connectivity index (χ3v) is 4.66. The third kappa shape index (κ3) is 4.05. The molecule has 0 saturated carbocycles. The Balaban J connectivity index is 1.79. The van der Waals surface area contributed by atoms with Gasteiger partial charge in [0, 0.05) is 12.6 Å². The quantitative estimate of drug-likeness (QED) is 0.874. The first-order valence-corrected chi connectivity index (χ1v) is 7.71. The van der Waals surface area contributed by atoms with Crippen molar-refractivity contribution < 1.29 is 0 Å². The Hall–Kier alpha value is -0.860. The molecule has 2 heteroatoms. The molecule has 1 atom stereocenters. The van der Waals surface area contributed by atoms with Crippen LogP contribution in [0.1, 0.15) is 37.8 Å². The van der Waals surface area contributed by atoms with E-state index in [1.54, 1.807) is 0 Å². The predicted molar refractivity (Wildman–Crippen MR) is 82.3 cm³/mol. The van der Waals surface area contributed by atoms with Crippen molar-refractivity contribution in [2.24, 2.45) is 5.92 Å². The van der Waals surface area contributed by atoms with Crippen LogP contribution < -0.4 is 5.32 Å². The fourth-order valence-corrected chi connectivity index (χ4v) is 3.02. The summed E-state index contributed by atoms with van der Waals surface area (Å²) in [5.41, 5.74) is 2.82. The number of rotatable bonds is 5. The first-order valence-electron chi connectivity index (χ1n) is 7.71. The molecular weight excluding hydrogens is 232 g/mol. The maximum atomic E-state index is 3.72. The lowest BCUT2D eigenvalue weighted by atomic mass is 9.90. The number of aryl methyl sites for hydroxylation is 1. The summed E-state index contributed by atoms with van der Waals surface area (Å²) < 4.78 is 0. The second kappa shape index (κ2) is 7.06. The lowest BCUT2D eigenvalue weighted by molar-refractivity contribution is 0.168. The number of hydrogen-bond acceptors (Lipinski definition) is 2. The van der Waals surface area contributed by atoms with E-state index in [0.29, 0.717) is 6.04 Å². The molecule has 0 spiro atoms. The smallest absolute Gasteiger partial charge is 0.0210 e. The number of piperidine rings is 1. The van der Waals surface area contributed by atoms with Crippen LogP contribution in [0.5, 0.6) is 0 Å². The van der Waals surface area contributed by atoms with E-state index in [0.717, 1.165) is 12.5 Å². The van der Waals surface area contributed by atoms with Crippen LogP contribution in [0.2, 0.25) is 0 Å². The van der Waals surface area contributed by atoms with Crippen molar-refractivity contribution in [3.8, 4) is 0 Å². The molecule has 0 amide bonds. The van der Waals surface area contributed by atoms with Crippen LogP contribution >= 0.6 is 0 Å². The summed E-state index contributed by atoms with van der Waals surface area (Å²) in [7, 11) is 0. The molecule has 1 heterocycles. The molecule has 0 aromatic heterocycles. The second-order valence-electron chi connectivity index (χ2n) is 5.87. The fraction of sp³-hybridized carbons (Fsp3) is 0.647. The third-order valence-electron chi connectivity index (χ3n) is 4.66. The molecule has 1 aromatic rings. The van der Waals surface area contributed by atoms with Crippen LogP contribution in [0, 0.1) is 12.8 Å². The molecule has 1 saturated heterocycles. The Morgan fingerprint density at radius 2 is 1.95 bits per heavy atom. The molecule has 1 aromatic carbocycles. The highest BCUT2D eigenvalue weighted by atomic mass is 15.1. The van der Waals surface area contributed by atoms with Gasteiger partial charge in [0.1, 0.15) is 0 Å². The van der Waals surface area contributed by atoms with Gasteiger partial charge in [0.2, 0.25) is 0 Å². The summed E-state index contributed by atoms with van der Waals surface area (Å²) in [5.74, 6) is 0.840. The molecule has 1 aliphatic rings. The average Bonchev–Trinajstić information content (AvgIpc) is 2.46. The minimum atomic E-state index is 0.624. The van der Waals surface area contributed by atoms with Crippen LogP contribution in [-0.4, -0.2) is 30.6 Å². The Bertz CT molecular complexity index is 381. The van der Waals surface area contributed by atoms with Crippen LogP contribution in [0.4, 0.5) is 0 Å². The topological polar surface area (TPSA) is 15.3 Å². The molecule has 1 unspecified atom stereocenters. The fourth-order valence-electron chi connectivity index (χ4n) is 3.02. The number of hydrogen-bond donors (Lipinski definition) is 1. The largest absolute Gasteiger partial charge is 0.310 e.